The van der Waals surface area contributed by atoms with Crippen molar-refractivity contribution in [2.24, 2.45) is 23.7 Å². The highest BCUT2D eigenvalue weighted by atomic mass is 14.9. The van der Waals surface area contributed by atoms with Gasteiger partial charge in [0.25, 0.3) is 0 Å². The van der Waals surface area contributed by atoms with Crippen LogP contribution in [0.3, 0.4) is 0 Å². The van der Waals surface area contributed by atoms with E-state index in [1.807, 2.05) is 0 Å². The van der Waals surface area contributed by atoms with Gasteiger partial charge >= 0.3 is 0 Å². The van der Waals surface area contributed by atoms with Crippen molar-refractivity contribution in [3.05, 3.63) is 0 Å². The smallest absolute Gasteiger partial charge is 0.00683 e. The average Bonchev–Trinajstić information content (AvgIpc) is 2.99. The molecule has 2 saturated carbocycles. The van der Waals surface area contributed by atoms with Gasteiger partial charge in [-0.15, -0.1) is 0 Å². The third kappa shape index (κ3) is 3.21. The molecule has 0 aromatic heterocycles. The van der Waals surface area contributed by atoms with Gasteiger partial charge in [-0.05, 0) is 62.3 Å². The summed E-state index contributed by atoms with van der Waals surface area (Å²) in [5, 5.41) is 3.70. The Bertz CT molecular complexity index is 196. The van der Waals surface area contributed by atoms with Crippen molar-refractivity contribution in [1.82, 2.24) is 5.32 Å². The Balaban J connectivity index is 1.73. The quantitative estimate of drug-likeness (QED) is 0.748. The minimum Gasteiger partial charge on any atom is -0.314 e. The van der Waals surface area contributed by atoms with Crippen LogP contribution in [0.5, 0.6) is 0 Å². The van der Waals surface area contributed by atoms with Crippen LogP contribution in [0.2, 0.25) is 0 Å². The Labute approximate surface area is 95.0 Å². The van der Waals surface area contributed by atoms with Gasteiger partial charge in [-0.2, -0.15) is 0 Å². The van der Waals surface area contributed by atoms with E-state index in [4.69, 9.17) is 0 Å². The zero-order valence-corrected chi connectivity index (χ0v) is 10.6. The summed E-state index contributed by atoms with van der Waals surface area (Å²) in [6.45, 7) is 8.53. The van der Waals surface area contributed by atoms with Crippen LogP contribution in [0.25, 0.3) is 0 Å². The van der Waals surface area contributed by atoms with Crippen molar-refractivity contribution < 1.29 is 0 Å². The van der Waals surface area contributed by atoms with E-state index in [1.54, 1.807) is 0 Å². The molecule has 1 N–H and O–H groups in total. The minimum atomic E-state index is 0.889. The first-order chi connectivity index (χ1) is 7.16. The van der Waals surface area contributed by atoms with E-state index in [-0.39, 0.29) is 0 Å². The van der Waals surface area contributed by atoms with E-state index in [2.05, 4.69) is 26.1 Å². The Morgan fingerprint density at radius 2 is 1.87 bits per heavy atom. The highest BCUT2D eigenvalue weighted by Gasteiger charge is 2.30. The molecule has 2 aliphatic rings. The molecular weight excluding hydrogens is 182 g/mol. The van der Waals surface area contributed by atoms with Crippen LogP contribution in [-0.4, -0.2) is 12.6 Å². The van der Waals surface area contributed by atoms with Crippen LogP contribution in [0.1, 0.15) is 52.9 Å². The summed E-state index contributed by atoms with van der Waals surface area (Å²) in [4.78, 5) is 0. The summed E-state index contributed by atoms with van der Waals surface area (Å²) in [5.74, 6) is 3.79. The molecular formula is C14H27N. The minimum absolute atomic E-state index is 0.889. The second kappa shape index (κ2) is 4.86. The Hall–Kier alpha value is -0.0400. The lowest BCUT2D eigenvalue weighted by Gasteiger charge is -2.36. The van der Waals surface area contributed by atoms with Gasteiger partial charge < -0.3 is 5.32 Å². The first-order valence-corrected chi connectivity index (χ1v) is 6.90. The summed E-state index contributed by atoms with van der Waals surface area (Å²) in [6.07, 6.45) is 7.25. The molecule has 0 radical (unpaired) electrons. The van der Waals surface area contributed by atoms with Crippen LogP contribution in [0, 0.1) is 23.7 Å². The van der Waals surface area contributed by atoms with E-state index in [9.17, 15) is 0 Å². The largest absolute Gasteiger partial charge is 0.314 e. The molecule has 88 valence electrons. The lowest BCUT2D eigenvalue weighted by molar-refractivity contribution is 0.157. The molecule has 0 aromatic rings. The van der Waals surface area contributed by atoms with Crippen LogP contribution < -0.4 is 5.32 Å². The van der Waals surface area contributed by atoms with Gasteiger partial charge in [0, 0.05) is 6.04 Å². The lowest BCUT2D eigenvalue weighted by Crippen LogP contribution is -2.33. The fourth-order valence-corrected chi connectivity index (χ4v) is 3.01. The zero-order chi connectivity index (χ0) is 10.8. The predicted octanol–water partition coefficient (Wildman–Crippen LogP) is 3.45. The SMILES string of the molecule is CC(C)C1CCC(CNC2CC2)C(C)C1. The van der Waals surface area contributed by atoms with Crippen molar-refractivity contribution in [2.45, 2.75) is 58.9 Å². The van der Waals surface area contributed by atoms with Crippen LogP contribution in [0.15, 0.2) is 0 Å². The Morgan fingerprint density at radius 3 is 2.40 bits per heavy atom. The maximum absolute atomic E-state index is 3.70. The number of hydrogen-bond donors (Lipinski definition) is 1. The zero-order valence-electron chi connectivity index (χ0n) is 10.6. The molecule has 0 spiro atoms. The van der Waals surface area contributed by atoms with Crippen molar-refractivity contribution >= 4 is 0 Å². The fourth-order valence-electron chi connectivity index (χ4n) is 3.01. The highest BCUT2D eigenvalue weighted by Crippen LogP contribution is 2.37. The van der Waals surface area contributed by atoms with E-state index in [0.717, 1.165) is 29.7 Å². The molecule has 0 heterocycles. The molecule has 2 aliphatic carbocycles. The second-order valence-electron chi connectivity index (χ2n) is 6.24. The van der Waals surface area contributed by atoms with Gasteiger partial charge in [0.1, 0.15) is 0 Å². The topological polar surface area (TPSA) is 12.0 Å². The van der Waals surface area contributed by atoms with E-state index >= 15 is 0 Å². The molecule has 2 rings (SSSR count). The van der Waals surface area contributed by atoms with Crippen molar-refractivity contribution in [3.8, 4) is 0 Å². The molecule has 2 fully saturated rings. The van der Waals surface area contributed by atoms with E-state index < -0.39 is 0 Å². The van der Waals surface area contributed by atoms with Gasteiger partial charge in [-0.1, -0.05) is 20.8 Å². The maximum Gasteiger partial charge on any atom is 0.00683 e. The molecule has 1 nitrogen and oxygen atoms in total. The molecule has 3 atom stereocenters. The predicted molar refractivity (Wildman–Crippen MR) is 65.9 cm³/mol. The van der Waals surface area contributed by atoms with E-state index in [1.165, 1.54) is 38.6 Å². The van der Waals surface area contributed by atoms with Crippen LogP contribution in [-0.2, 0) is 0 Å². The summed E-state index contributed by atoms with van der Waals surface area (Å²) < 4.78 is 0. The summed E-state index contributed by atoms with van der Waals surface area (Å²) in [5.41, 5.74) is 0. The fraction of sp³-hybridized carbons (Fsp3) is 1.00. The third-order valence-electron chi connectivity index (χ3n) is 4.58. The molecule has 15 heavy (non-hydrogen) atoms. The normalized spacial score (nSPS) is 37.2. The second-order valence-corrected chi connectivity index (χ2v) is 6.24. The van der Waals surface area contributed by atoms with Gasteiger partial charge in [0.15, 0.2) is 0 Å². The van der Waals surface area contributed by atoms with Crippen molar-refractivity contribution in [3.63, 3.8) is 0 Å². The lowest BCUT2D eigenvalue weighted by atomic mass is 9.71. The van der Waals surface area contributed by atoms with Crippen molar-refractivity contribution in [1.29, 1.82) is 0 Å². The Morgan fingerprint density at radius 1 is 1.13 bits per heavy atom. The monoisotopic (exact) mass is 209 g/mol. The number of hydrogen-bond acceptors (Lipinski definition) is 1. The molecule has 0 saturated heterocycles. The summed E-state index contributed by atoms with van der Waals surface area (Å²) >= 11 is 0. The average molecular weight is 209 g/mol. The van der Waals surface area contributed by atoms with E-state index in [0.29, 0.717) is 0 Å². The molecule has 0 amide bonds. The Kier molecular flexibility index (Phi) is 3.71. The van der Waals surface area contributed by atoms with Crippen LogP contribution >= 0.6 is 0 Å². The van der Waals surface area contributed by atoms with Gasteiger partial charge in [-0.3, -0.25) is 0 Å². The highest BCUT2D eigenvalue weighted by molar-refractivity contribution is 4.85. The molecule has 3 unspecified atom stereocenters. The number of rotatable bonds is 4. The number of nitrogens with one attached hydrogen (secondary N) is 1. The van der Waals surface area contributed by atoms with Crippen LogP contribution in [0.4, 0.5) is 0 Å². The molecule has 0 bridgehead atoms. The van der Waals surface area contributed by atoms with Crippen molar-refractivity contribution in [2.75, 3.05) is 6.54 Å². The summed E-state index contributed by atoms with van der Waals surface area (Å²) in [7, 11) is 0. The van der Waals surface area contributed by atoms with Gasteiger partial charge in [-0.25, -0.2) is 0 Å². The molecule has 0 aromatic carbocycles. The standard InChI is InChI=1S/C14H27N/c1-10(2)12-4-5-13(11(3)8-12)9-15-14-6-7-14/h10-15H,4-9H2,1-3H3. The summed E-state index contributed by atoms with van der Waals surface area (Å²) in [6, 6.07) is 0.889. The van der Waals surface area contributed by atoms with Gasteiger partial charge in [0.2, 0.25) is 0 Å². The van der Waals surface area contributed by atoms with Gasteiger partial charge in [0.05, 0.1) is 0 Å². The molecule has 0 aliphatic heterocycles. The molecule has 1 heteroatoms. The maximum atomic E-state index is 3.70. The first-order valence-electron chi connectivity index (χ1n) is 6.90. The third-order valence-corrected chi connectivity index (χ3v) is 4.58. The first kappa shape index (κ1) is 11.4.